The molecule has 0 aromatic rings. The molecule has 0 radical (unpaired) electrons. The second kappa shape index (κ2) is 35.1. The first-order valence-electron chi connectivity index (χ1n) is 17.9. The summed E-state index contributed by atoms with van der Waals surface area (Å²) in [6, 6.07) is 0. The number of allylic oxidation sites excluding steroid dienone is 10. The molecule has 5 heteroatoms. The van der Waals surface area contributed by atoms with E-state index in [4.69, 9.17) is 9.47 Å². The molecule has 1 unspecified atom stereocenters. The molecule has 0 aliphatic heterocycles. The van der Waals surface area contributed by atoms with Crippen LogP contribution in [0.1, 0.15) is 155 Å². The van der Waals surface area contributed by atoms with Crippen LogP contribution in [0.5, 0.6) is 0 Å². The van der Waals surface area contributed by atoms with E-state index in [0.717, 1.165) is 51.4 Å². The number of carbonyl (C=O) groups excluding carboxylic acids is 2. The Labute approximate surface area is 271 Å². The highest BCUT2D eigenvalue weighted by atomic mass is 16.6. The fraction of sp³-hybridized carbons (Fsp3) is 0.692. The predicted molar refractivity (Wildman–Crippen MR) is 187 cm³/mol. The minimum Gasteiger partial charge on any atom is -0.462 e. The maximum atomic E-state index is 12.1. The molecular weight excluding hydrogens is 548 g/mol. The van der Waals surface area contributed by atoms with Gasteiger partial charge in [-0.3, -0.25) is 9.59 Å². The monoisotopic (exact) mass is 614 g/mol. The van der Waals surface area contributed by atoms with Gasteiger partial charge in [0.05, 0.1) is 6.61 Å². The van der Waals surface area contributed by atoms with Crippen molar-refractivity contribution in [3.8, 4) is 0 Å². The van der Waals surface area contributed by atoms with Crippen LogP contribution in [0, 0.1) is 0 Å². The minimum absolute atomic E-state index is 0.0902. The number of esters is 2. The van der Waals surface area contributed by atoms with Gasteiger partial charge in [0.1, 0.15) is 6.61 Å². The number of aliphatic hydroxyl groups excluding tert-OH is 1. The van der Waals surface area contributed by atoms with Crippen molar-refractivity contribution in [1.29, 1.82) is 0 Å². The number of ether oxygens (including phenoxy) is 2. The lowest BCUT2D eigenvalue weighted by Gasteiger charge is -2.15. The van der Waals surface area contributed by atoms with E-state index in [0.29, 0.717) is 12.8 Å². The van der Waals surface area contributed by atoms with Crippen molar-refractivity contribution >= 4 is 11.9 Å². The van der Waals surface area contributed by atoms with Gasteiger partial charge < -0.3 is 14.6 Å². The van der Waals surface area contributed by atoms with Crippen molar-refractivity contribution in [2.75, 3.05) is 13.2 Å². The number of aliphatic hydroxyl groups is 1. The normalized spacial score (nSPS) is 12.9. The molecule has 0 aromatic carbocycles. The molecule has 44 heavy (non-hydrogen) atoms. The molecule has 0 bridgehead atoms. The quantitative estimate of drug-likeness (QED) is 0.0364. The van der Waals surface area contributed by atoms with Gasteiger partial charge in [0.15, 0.2) is 6.10 Å². The van der Waals surface area contributed by atoms with Crippen LogP contribution in [0.15, 0.2) is 60.8 Å². The molecule has 0 saturated carbocycles. The lowest BCUT2D eigenvalue weighted by atomic mass is 10.1. The molecule has 0 aliphatic carbocycles. The van der Waals surface area contributed by atoms with Crippen molar-refractivity contribution in [3.63, 3.8) is 0 Å². The van der Waals surface area contributed by atoms with Gasteiger partial charge in [-0.1, -0.05) is 145 Å². The Bertz CT molecular complexity index is 792. The summed E-state index contributed by atoms with van der Waals surface area (Å²) in [5.41, 5.74) is 0. The summed E-state index contributed by atoms with van der Waals surface area (Å²) in [7, 11) is 0. The first-order chi connectivity index (χ1) is 21.6. The van der Waals surface area contributed by atoms with E-state index in [-0.39, 0.29) is 25.2 Å². The highest BCUT2D eigenvalue weighted by Gasteiger charge is 2.16. The van der Waals surface area contributed by atoms with E-state index in [2.05, 4.69) is 38.2 Å². The Morgan fingerprint density at radius 1 is 0.545 bits per heavy atom. The summed E-state index contributed by atoms with van der Waals surface area (Å²) in [4.78, 5) is 24.1. The van der Waals surface area contributed by atoms with Gasteiger partial charge in [0, 0.05) is 12.8 Å². The van der Waals surface area contributed by atoms with Crippen molar-refractivity contribution in [2.45, 2.75) is 161 Å². The standard InChI is InChI=1S/C39H66O5/c1-3-5-7-9-11-13-15-17-18-19-20-22-24-26-28-30-32-34-39(42)44-37(35-40)36-43-38(41)33-31-29-27-25-23-21-16-14-12-10-8-6-4-2/h6,8,10,12,14,16-18,21,23,37,40H,3-5,7,9,11,13,15,19-20,22,24-36H2,1-2H3/b8-6+,12-10+,16-14+,18-17+,23-21+. The fourth-order valence-electron chi connectivity index (χ4n) is 4.67. The largest absolute Gasteiger partial charge is 0.462 e. The maximum absolute atomic E-state index is 12.1. The third-order valence-electron chi connectivity index (χ3n) is 7.39. The van der Waals surface area contributed by atoms with Crippen LogP contribution in [0.4, 0.5) is 0 Å². The number of carbonyl (C=O) groups is 2. The fourth-order valence-corrected chi connectivity index (χ4v) is 4.67. The second-order valence-electron chi connectivity index (χ2n) is 11.7. The summed E-state index contributed by atoms with van der Waals surface area (Å²) in [6.07, 6.45) is 44.2. The number of hydrogen-bond donors (Lipinski definition) is 1. The molecule has 252 valence electrons. The molecule has 0 amide bonds. The Morgan fingerprint density at radius 3 is 1.57 bits per heavy atom. The first kappa shape index (κ1) is 41.6. The SMILES string of the molecule is CC/C=C/C=C/C=C/C=C/CCCCCC(=O)OCC(CO)OC(=O)CCCCCCCCC/C=C/CCCCCCCC. The summed E-state index contributed by atoms with van der Waals surface area (Å²) < 4.78 is 10.5. The zero-order chi connectivity index (χ0) is 32.2. The first-order valence-corrected chi connectivity index (χ1v) is 17.9. The minimum atomic E-state index is -0.790. The van der Waals surface area contributed by atoms with Gasteiger partial charge >= 0.3 is 11.9 Å². The van der Waals surface area contributed by atoms with E-state index >= 15 is 0 Å². The van der Waals surface area contributed by atoms with Gasteiger partial charge in [0.25, 0.3) is 0 Å². The maximum Gasteiger partial charge on any atom is 0.306 e. The topological polar surface area (TPSA) is 72.8 Å². The average Bonchev–Trinajstić information content (AvgIpc) is 3.02. The zero-order valence-corrected chi connectivity index (χ0v) is 28.4. The second-order valence-corrected chi connectivity index (χ2v) is 11.7. The molecular formula is C39H66O5. The molecule has 0 aromatic heterocycles. The molecule has 0 spiro atoms. The van der Waals surface area contributed by atoms with E-state index in [1.165, 1.54) is 77.0 Å². The third kappa shape index (κ3) is 32.5. The van der Waals surface area contributed by atoms with Crippen LogP contribution in [0.25, 0.3) is 0 Å². The third-order valence-corrected chi connectivity index (χ3v) is 7.39. The summed E-state index contributed by atoms with van der Waals surface area (Å²) in [5, 5.41) is 9.52. The van der Waals surface area contributed by atoms with Crippen molar-refractivity contribution in [3.05, 3.63) is 60.8 Å². The Balaban J connectivity index is 3.65. The lowest BCUT2D eigenvalue weighted by molar-refractivity contribution is -0.161. The van der Waals surface area contributed by atoms with E-state index < -0.39 is 6.10 Å². The number of unbranched alkanes of at least 4 members (excludes halogenated alkanes) is 16. The highest BCUT2D eigenvalue weighted by molar-refractivity contribution is 5.70. The summed E-state index contributed by atoms with van der Waals surface area (Å²) in [5.74, 6) is -0.647. The average molecular weight is 615 g/mol. The molecule has 0 rings (SSSR count). The molecule has 0 aliphatic rings. The van der Waals surface area contributed by atoms with Crippen LogP contribution in [-0.4, -0.2) is 36.4 Å². The van der Waals surface area contributed by atoms with Crippen molar-refractivity contribution in [1.82, 2.24) is 0 Å². The highest BCUT2D eigenvalue weighted by Crippen LogP contribution is 2.12. The van der Waals surface area contributed by atoms with E-state index in [1.807, 2.05) is 36.5 Å². The van der Waals surface area contributed by atoms with Crippen molar-refractivity contribution < 1.29 is 24.2 Å². The molecule has 5 nitrogen and oxygen atoms in total. The van der Waals surface area contributed by atoms with Crippen molar-refractivity contribution in [2.24, 2.45) is 0 Å². The zero-order valence-electron chi connectivity index (χ0n) is 28.4. The molecule has 1 N–H and O–H groups in total. The Hall–Kier alpha value is -2.40. The summed E-state index contributed by atoms with van der Waals surface area (Å²) in [6.45, 7) is 3.93. The van der Waals surface area contributed by atoms with Gasteiger partial charge in [-0.2, -0.15) is 0 Å². The Morgan fingerprint density at radius 2 is 1.00 bits per heavy atom. The van der Waals surface area contributed by atoms with E-state index in [1.54, 1.807) is 0 Å². The molecule has 0 saturated heterocycles. The van der Waals surface area contributed by atoms with Gasteiger partial charge in [0.2, 0.25) is 0 Å². The molecule has 0 fully saturated rings. The number of rotatable bonds is 31. The molecule has 1 atom stereocenters. The van der Waals surface area contributed by atoms with Crippen LogP contribution in [0.2, 0.25) is 0 Å². The predicted octanol–water partition coefficient (Wildman–Crippen LogP) is 10.8. The van der Waals surface area contributed by atoms with Crippen LogP contribution < -0.4 is 0 Å². The van der Waals surface area contributed by atoms with Gasteiger partial charge in [-0.05, 0) is 57.8 Å². The van der Waals surface area contributed by atoms with Gasteiger partial charge in [-0.25, -0.2) is 0 Å². The van der Waals surface area contributed by atoms with Gasteiger partial charge in [-0.15, -0.1) is 0 Å². The van der Waals surface area contributed by atoms with Crippen LogP contribution >= 0.6 is 0 Å². The Kier molecular flexibility index (Phi) is 33.2. The smallest absolute Gasteiger partial charge is 0.306 e. The van der Waals surface area contributed by atoms with E-state index in [9.17, 15) is 14.7 Å². The summed E-state index contributed by atoms with van der Waals surface area (Å²) >= 11 is 0. The van der Waals surface area contributed by atoms with Crippen LogP contribution in [-0.2, 0) is 19.1 Å². The number of hydrogen-bond acceptors (Lipinski definition) is 5. The van der Waals surface area contributed by atoms with Crippen LogP contribution in [0.3, 0.4) is 0 Å². The lowest BCUT2D eigenvalue weighted by Crippen LogP contribution is -2.28. The molecule has 0 heterocycles.